The molecule has 0 rings (SSSR count). The molecule has 1 unspecified atom stereocenters. The Balaban J connectivity index is 3.40. The van der Waals surface area contributed by atoms with Gasteiger partial charge < -0.3 is 14.6 Å². The lowest BCUT2D eigenvalue weighted by Gasteiger charge is -2.15. The largest absolute Gasteiger partial charge is 0.457 e. The van der Waals surface area contributed by atoms with Gasteiger partial charge >= 0.3 is 5.97 Å². The first-order valence-corrected chi connectivity index (χ1v) is 17.3. The lowest BCUT2D eigenvalue weighted by Crippen LogP contribution is -2.27. The lowest BCUT2D eigenvalue weighted by molar-refractivity contribution is -0.154. The molecule has 0 aliphatic carbocycles. The van der Waals surface area contributed by atoms with Gasteiger partial charge in [0.1, 0.15) is 6.10 Å². The van der Waals surface area contributed by atoms with Crippen molar-refractivity contribution in [3.05, 3.63) is 12.2 Å². The third kappa shape index (κ3) is 31.5. The van der Waals surface area contributed by atoms with Crippen LogP contribution in [-0.4, -0.2) is 37.0 Å². The Hall–Kier alpha value is -0.870. The first-order valence-electron chi connectivity index (χ1n) is 17.3. The molecule has 0 fully saturated rings. The second-order valence-electron chi connectivity index (χ2n) is 11.6. The first-order chi connectivity index (χ1) is 19.2. The molecular formula is C35H68O4. The van der Waals surface area contributed by atoms with Gasteiger partial charge in [0.2, 0.25) is 0 Å². The van der Waals surface area contributed by atoms with Crippen molar-refractivity contribution < 1.29 is 19.4 Å². The van der Waals surface area contributed by atoms with Gasteiger partial charge in [0.05, 0.1) is 13.2 Å². The summed E-state index contributed by atoms with van der Waals surface area (Å²) in [7, 11) is 0. The second-order valence-corrected chi connectivity index (χ2v) is 11.6. The van der Waals surface area contributed by atoms with Crippen LogP contribution in [-0.2, 0) is 14.3 Å². The Bertz CT molecular complexity index is 505. The van der Waals surface area contributed by atoms with Crippen LogP contribution < -0.4 is 0 Å². The van der Waals surface area contributed by atoms with Crippen LogP contribution in [0.5, 0.6) is 0 Å². The molecule has 4 nitrogen and oxygen atoms in total. The summed E-state index contributed by atoms with van der Waals surface area (Å²) in [4.78, 5) is 12.1. The van der Waals surface area contributed by atoms with Gasteiger partial charge in [0.25, 0.3) is 0 Å². The van der Waals surface area contributed by atoms with Crippen LogP contribution in [0.2, 0.25) is 0 Å². The Morgan fingerprint density at radius 2 is 1.03 bits per heavy atom. The fraction of sp³-hybridized carbons (Fsp3) is 0.914. The monoisotopic (exact) mass is 553 g/mol. The van der Waals surface area contributed by atoms with Gasteiger partial charge in [-0.1, -0.05) is 154 Å². The van der Waals surface area contributed by atoms with E-state index in [9.17, 15) is 9.90 Å². The van der Waals surface area contributed by atoms with E-state index in [0.29, 0.717) is 19.6 Å². The average molecular weight is 553 g/mol. The minimum absolute atomic E-state index is 0.170. The van der Waals surface area contributed by atoms with Crippen molar-refractivity contribution in [2.75, 3.05) is 19.8 Å². The van der Waals surface area contributed by atoms with E-state index >= 15 is 0 Å². The number of carbonyl (C=O) groups is 1. The smallest absolute Gasteiger partial charge is 0.306 e. The predicted molar refractivity (Wildman–Crippen MR) is 168 cm³/mol. The summed E-state index contributed by atoms with van der Waals surface area (Å²) in [5, 5.41) is 9.52. The highest BCUT2D eigenvalue weighted by Crippen LogP contribution is 2.14. The maximum absolute atomic E-state index is 12.1. The highest BCUT2D eigenvalue weighted by molar-refractivity contribution is 5.69. The number of hydrogen-bond acceptors (Lipinski definition) is 4. The van der Waals surface area contributed by atoms with Crippen LogP contribution in [0.3, 0.4) is 0 Å². The molecule has 232 valence electrons. The number of carbonyl (C=O) groups excluding carboxylic acids is 1. The van der Waals surface area contributed by atoms with Crippen molar-refractivity contribution in [2.24, 2.45) is 0 Å². The Kier molecular flexibility index (Phi) is 32.6. The van der Waals surface area contributed by atoms with Gasteiger partial charge in [-0.25, -0.2) is 0 Å². The zero-order valence-corrected chi connectivity index (χ0v) is 26.4. The third-order valence-corrected chi connectivity index (χ3v) is 7.59. The number of hydrogen-bond donors (Lipinski definition) is 1. The zero-order chi connectivity index (χ0) is 28.5. The van der Waals surface area contributed by atoms with Crippen LogP contribution in [0.25, 0.3) is 0 Å². The molecule has 0 aromatic rings. The number of esters is 1. The summed E-state index contributed by atoms with van der Waals surface area (Å²) >= 11 is 0. The minimum Gasteiger partial charge on any atom is -0.457 e. The molecule has 39 heavy (non-hydrogen) atoms. The molecular weight excluding hydrogens is 484 g/mol. The molecule has 0 aliphatic rings. The van der Waals surface area contributed by atoms with Gasteiger partial charge in [-0.2, -0.15) is 0 Å². The van der Waals surface area contributed by atoms with Crippen LogP contribution in [0.15, 0.2) is 12.2 Å². The number of rotatable bonds is 32. The molecule has 4 heteroatoms. The van der Waals surface area contributed by atoms with Gasteiger partial charge in [0, 0.05) is 13.0 Å². The van der Waals surface area contributed by atoms with Gasteiger partial charge in [-0.15, -0.1) is 0 Å². The van der Waals surface area contributed by atoms with Crippen molar-refractivity contribution >= 4 is 5.97 Å². The van der Waals surface area contributed by atoms with E-state index in [1.165, 1.54) is 141 Å². The van der Waals surface area contributed by atoms with E-state index in [1.54, 1.807) is 0 Å². The van der Waals surface area contributed by atoms with Gasteiger partial charge in [-0.3, -0.25) is 4.79 Å². The maximum atomic E-state index is 12.1. The third-order valence-electron chi connectivity index (χ3n) is 7.59. The Morgan fingerprint density at radius 3 is 1.54 bits per heavy atom. The summed E-state index contributed by atoms with van der Waals surface area (Å²) in [5.41, 5.74) is 0. The minimum atomic E-state index is -0.530. The molecule has 0 heterocycles. The lowest BCUT2D eigenvalue weighted by atomic mass is 10.0. The molecule has 0 saturated carbocycles. The van der Waals surface area contributed by atoms with Gasteiger partial charge in [-0.05, 0) is 32.1 Å². The first kappa shape index (κ1) is 38.1. The maximum Gasteiger partial charge on any atom is 0.306 e. The van der Waals surface area contributed by atoms with E-state index in [1.807, 2.05) is 0 Å². The molecule has 1 N–H and O–H groups in total. The highest BCUT2D eigenvalue weighted by Gasteiger charge is 2.13. The van der Waals surface area contributed by atoms with Crippen molar-refractivity contribution in [2.45, 2.75) is 187 Å². The number of allylic oxidation sites excluding steroid dienone is 2. The SMILES string of the molecule is CCCC/C=C\CCCCCCCC(=O)OC(CO)COCCCCCCCCCCCCCCCCCC. The zero-order valence-electron chi connectivity index (χ0n) is 26.4. The summed E-state index contributed by atoms with van der Waals surface area (Å²) in [6, 6.07) is 0. The molecule has 0 amide bonds. The molecule has 0 aliphatic heterocycles. The van der Waals surface area contributed by atoms with Crippen LogP contribution in [0, 0.1) is 0 Å². The average Bonchev–Trinajstić information content (AvgIpc) is 2.94. The predicted octanol–water partition coefficient (Wildman–Crippen LogP) is 10.6. The molecule has 0 aromatic carbocycles. The molecule has 1 atom stereocenters. The summed E-state index contributed by atoms with van der Waals surface area (Å²) in [6.45, 7) is 5.32. The quantitative estimate of drug-likeness (QED) is 0.0512. The Morgan fingerprint density at radius 1 is 0.590 bits per heavy atom. The molecule has 0 bridgehead atoms. The number of aliphatic hydroxyl groups excluding tert-OH is 1. The molecule has 0 spiro atoms. The summed E-state index contributed by atoms with van der Waals surface area (Å²) in [6.07, 6.45) is 36.7. The van der Waals surface area contributed by atoms with Crippen molar-refractivity contribution in [3.63, 3.8) is 0 Å². The summed E-state index contributed by atoms with van der Waals surface area (Å²) in [5.74, 6) is -0.209. The van der Waals surface area contributed by atoms with Crippen molar-refractivity contribution in [1.29, 1.82) is 0 Å². The standard InChI is InChI=1S/C35H68O4/c1-3-5-7-9-11-13-15-16-17-18-19-21-23-25-27-29-31-38-33-34(32-36)39-35(37)30-28-26-24-22-20-14-12-10-8-6-4-2/h10,12,34,36H,3-9,11,13-33H2,1-2H3/b12-10-. The molecule has 0 aromatic heterocycles. The Labute approximate surface area is 244 Å². The highest BCUT2D eigenvalue weighted by atomic mass is 16.6. The van der Waals surface area contributed by atoms with E-state index in [0.717, 1.165) is 19.3 Å². The van der Waals surface area contributed by atoms with Crippen molar-refractivity contribution in [1.82, 2.24) is 0 Å². The number of unbranched alkanes of at least 4 members (excludes halogenated alkanes) is 22. The fourth-order valence-electron chi connectivity index (χ4n) is 4.96. The second kappa shape index (κ2) is 33.3. The number of ether oxygens (including phenoxy) is 2. The van der Waals surface area contributed by atoms with Gasteiger partial charge in [0.15, 0.2) is 0 Å². The fourth-order valence-corrected chi connectivity index (χ4v) is 4.96. The molecule has 0 radical (unpaired) electrons. The normalized spacial score (nSPS) is 12.4. The summed E-state index contributed by atoms with van der Waals surface area (Å²) < 4.78 is 11.1. The molecule has 0 saturated heterocycles. The van der Waals surface area contributed by atoms with Crippen LogP contribution >= 0.6 is 0 Å². The van der Waals surface area contributed by atoms with Crippen LogP contribution in [0.4, 0.5) is 0 Å². The van der Waals surface area contributed by atoms with E-state index < -0.39 is 6.10 Å². The number of aliphatic hydroxyl groups is 1. The van der Waals surface area contributed by atoms with Crippen molar-refractivity contribution in [3.8, 4) is 0 Å². The van der Waals surface area contributed by atoms with E-state index in [-0.39, 0.29) is 12.6 Å². The van der Waals surface area contributed by atoms with Crippen LogP contribution in [0.1, 0.15) is 181 Å². The van der Waals surface area contributed by atoms with E-state index in [2.05, 4.69) is 26.0 Å². The topological polar surface area (TPSA) is 55.8 Å². The van der Waals surface area contributed by atoms with E-state index in [4.69, 9.17) is 9.47 Å².